The van der Waals surface area contributed by atoms with E-state index in [4.69, 9.17) is 4.55 Å². The molecule has 0 spiro atoms. The number of nitrogens with one attached hydrogen (secondary N) is 1. The summed E-state index contributed by atoms with van der Waals surface area (Å²) in [6.07, 6.45) is 0.865. The Morgan fingerprint density at radius 2 is 2.00 bits per heavy atom. The first kappa shape index (κ1) is 9.87. The molecular formula is C6H7NO5S. The maximum atomic E-state index is 10.8. The summed E-state index contributed by atoms with van der Waals surface area (Å²) in [7, 11) is -4.08. The van der Waals surface area contributed by atoms with Gasteiger partial charge in [-0.2, -0.15) is 8.42 Å². The van der Waals surface area contributed by atoms with E-state index >= 15 is 0 Å². The number of carbonyl (C=O) groups excluding carboxylic acids is 2. The van der Waals surface area contributed by atoms with Gasteiger partial charge in [0, 0.05) is 11.6 Å². The van der Waals surface area contributed by atoms with E-state index in [-0.39, 0.29) is 12.0 Å². The number of carbonyl (C=O) groups is 2. The van der Waals surface area contributed by atoms with Crippen molar-refractivity contribution in [2.45, 2.75) is 6.42 Å². The Kier molecular flexibility index (Phi) is 2.48. The van der Waals surface area contributed by atoms with Crippen LogP contribution in [-0.4, -0.2) is 30.5 Å². The molecule has 0 saturated heterocycles. The molecule has 1 aliphatic heterocycles. The summed E-state index contributed by atoms with van der Waals surface area (Å²) < 4.78 is 28.9. The van der Waals surface area contributed by atoms with Gasteiger partial charge in [-0.25, -0.2) is 0 Å². The first-order chi connectivity index (χ1) is 5.88. The summed E-state index contributed by atoms with van der Waals surface area (Å²) >= 11 is 0. The molecule has 7 heteroatoms. The predicted molar refractivity (Wildman–Crippen MR) is 42.3 cm³/mol. The highest BCUT2D eigenvalue weighted by atomic mass is 32.2. The van der Waals surface area contributed by atoms with E-state index in [1.165, 1.54) is 0 Å². The fraction of sp³-hybridized carbons (Fsp3) is 0.333. The number of rotatable bonds is 3. The summed E-state index contributed by atoms with van der Waals surface area (Å²) in [4.78, 5) is 21.4. The van der Waals surface area contributed by atoms with E-state index in [0.717, 1.165) is 6.08 Å². The van der Waals surface area contributed by atoms with Crippen LogP contribution < -0.4 is 5.32 Å². The van der Waals surface area contributed by atoms with Gasteiger partial charge in [0.1, 0.15) is 0 Å². The van der Waals surface area contributed by atoms with Crippen LogP contribution in [0.5, 0.6) is 0 Å². The van der Waals surface area contributed by atoms with Crippen molar-refractivity contribution in [2.75, 3.05) is 5.75 Å². The molecule has 1 heterocycles. The molecule has 0 unspecified atom stereocenters. The minimum absolute atomic E-state index is 0.0719. The first-order valence-electron chi connectivity index (χ1n) is 3.39. The Morgan fingerprint density at radius 1 is 1.38 bits per heavy atom. The Hall–Kier alpha value is -1.21. The largest absolute Gasteiger partial charge is 0.289 e. The Morgan fingerprint density at radius 3 is 2.38 bits per heavy atom. The van der Waals surface area contributed by atoms with Crippen LogP contribution in [0.3, 0.4) is 0 Å². The average molecular weight is 205 g/mol. The monoisotopic (exact) mass is 205 g/mol. The minimum atomic E-state index is -4.08. The van der Waals surface area contributed by atoms with E-state index in [1.54, 1.807) is 0 Å². The highest BCUT2D eigenvalue weighted by molar-refractivity contribution is 7.85. The third kappa shape index (κ3) is 2.96. The molecule has 0 bridgehead atoms. The fourth-order valence-corrected chi connectivity index (χ4v) is 1.35. The smallest absolute Gasteiger partial charge is 0.265 e. The minimum Gasteiger partial charge on any atom is -0.289 e. The summed E-state index contributed by atoms with van der Waals surface area (Å²) in [5, 5.41) is 1.96. The molecule has 1 rings (SSSR count). The van der Waals surface area contributed by atoms with Gasteiger partial charge in [-0.1, -0.05) is 0 Å². The van der Waals surface area contributed by atoms with Crippen LogP contribution in [0.25, 0.3) is 0 Å². The zero-order valence-electron chi connectivity index (χ0n) is 6.48. The Bertz CT molecular complexity index is 380. The lowest BCUT2D eigenvalue weighted by molar-refractivity contribution is -0.123. The van der Waals surface area contributed by atoms with Gasteiger partial charge >= 0.3 is 0 Å². The molecule has 0 fully saturated rings. The number of imide groups is 1. The van der Waals surface area contributed by atoms with Crippen LogP contribution in [0.4, 0.5) is 0 Å². The third-order valence-electron chi connectivity index (χ3n) is 1.46. The van der Waals surface area contributed by atoms with Crippen molar-refractivity contribution in [2.24, 2.45) is 0 Å². The van der Waals surface area contributed by atoms with Crippen molar-refractivity contribution in [1.29, 1.82) is 0 Å². The van der Waals surface area contributed by atoms with Crippen molar-refractivity contribution in [3.05, 3.63) is 11.6 Å². The molecule has 0 aromatic carbocycles. The first-order valence-corrected chi connectivity index (χ1v) is 5.00. The standard InChI is InChI=1S/C6H7NO5S/c8-5-3-4(6(9)7-5)1-2-13(10,11)12/h3H,1-2H2,(H,7,8,9)(H,10,11,12). The van der Waals surface area contributed by atoms with Crippen molar-refractivity contribution < 1.29 is 22.6 Å². The Labute approximate surface area is 74.4 Å². The molecule has 2 amide bonds. The molecule has 13 heavy (non-hydrogen) atoms. The van der Waals surface area contributed by atoms with Gasteiger partial charge in [-0.3, -0.25) is 19.5 Å². The second kappa shape index (κ2) is 3.27. The van der Waals surface area contributed by atoms with Crippen molar-refractivity contribution in [3.63, 3.8) is 0 Å². The molecule has 6 nitrogen and oxygen atoms in total. The van der Waals surface area contributed by atoms with Gasteiger partial charge in [0.05, 0.1) is 5.75 Å². The van der Waals surface area contributed by atoms with Crippen molar-refractivity contribution in [1.82, 2.24) is 5.32 Å². The van der Waals surface area contributed by atoms with Gasteiger partial charge in [0.25, 0.3) is 21.9 Å². The summed E-state index contributed by atoms with van der Waals surface area (Å²) in [5.41, 5.74) is 0.0719. The van der Waals surface area contributed by atoms with Gasteiger partial charge in [-0.15, -0.1) is 0 Å². The number of hydrogen-bond donors (Lipinski definition) is 2. The van der Waals surface area contributed by atoms with Crippen LogP contribution in [0.2, 0.25) is 0 Å². The van der Waals surface area contributed by atoms with E-state index in [0.29, 0.717) is 0 Å². The van der Waals surface area contributed by atoms with Crippen LogP contribution >= 0.6 is 0 Å². The van der Waals surface area contributed by atoms with E-state index in [9.17, 15) is 18.0 Å². The number of hydrogen-bond acceptors (Lipinski definition) is 4. The number of amides is 2. The lowest BCUT2D eigenvalue weighted by Crippen LogP contribution is -2.22. The molecule has 2 N–H and O–H groups in total. The lowest BCUT2D eigenvalue weighted by atomic mass is 10.2. The highest BCUT2D eigenvalue weighted by Crippen LogP contribution is 2.08. The zero-order chi connectivity index (χ0) is 10.1. The van der Waals surface area contributed by atoms with E-state index < -0.39 is 27.7 Å². The predicted octanol–water partition coefficient (Wildman–Crippen LogP) is -1.15. The molecule has 0 aromatic rings. The van der Waals surface area contributed by atoms with Gasteiger partial charge in [-0.05, 0) is 6.42 Å². The summed E-state index contributed by atoms with van der Waals surface area (Å²) in [5.74, 6) is -1.72. The quantitative estimate of drug-likeness (QED) is 0.447. The molecule has 72 valence electrons. The molecule has 0 aromatic heterocycles. The molecule has 0 saturated carbocycles. The maximum Gasteiger partial charge on any atom is 0.265 e. The van der Waals surface area contributed by atoms with Crippen LogP contribution in [0.1, 0.15) is 6.42 Å². The van der Waals surface area contributed by atoms with Gasteiger partial charge < -0.3 is 0 Å². The van der Waals surface area contributed by atoms with Crippen molar-refractivity contribution >= 4 is 21.9 Å². The molecule has 1 aliphatic rings. The summed E-state index contributed by atoms with van der Waals surface area (Å²) in [6, 6.07) is 0. The normalized spacial score (nSPS) is 17.2. The van der Waals surface area contributed by atoms with Gasteiger partial charge in [0.15, 0.2) is 0 Å². The van der Waals surface area contributed by atoms with Crippen LogP contribution in [0, 0.1) is 0 Å². The van der Waals surface area contributed by atoms with Crippen LogP contribution in [-0.2, 0) is 19.7 Å². The lowest BCUT2D eigenvalue weighted by Gasteiger charge is -1.96. The van der Waals surface area contributed by atoms with Crippen molar-refractivity contribution in [3.8, 4) is 0 Å². The topological polar surface area (TPSA) is 101 Å². The second-order valence-electron chi connectivity index (χ2n) is 2.52. The third-order valence-corrected chi connectivity index (χ3v) is 2.18. The fourth-order valence-electron chi connectivity index (χ4n) is 0.877. The molecular weight excluding hydrogens is 198 g/mol. The van der Waals surface area contributed by atoms with E-state index in [1.807, 2.05) is 5.32 Å². The highest BCUT2D eigenvalue weighted by Gasteiger charge is 2.21. The molecule has 0 aliphatic carbocycles. The van der Waals surface area contributed by atoms with Crippen LogP contribution in [0.15, 0.2) is 11.6 Å². The molecule has 0 radical (unpaired) electrons. The molecule has 0 atom stereocenters. The second-order valence-corrected chi connectivity index (χ2v) is 4.10. The average Bonchev–Trinajstić information content (AvgIpc) is 2.24. The van der Waals surface area contributed by atoms with Gasteiger partial charge in [0.2, 0.25) is 0 Å². The Balaban J connectivity index is 2.61. The zero-order valence-corrected chi connectivity index (χ0v) is 7.30. The maximum absolute atomic E-state index is 10.8. The van der Waals surface area contributed by atoms with E-state index in [2.05, 4.69) is 0 Å². The summed E-state index contributed by atoms with van der Waals surface area (Å²) in [6.45, 7) is 0. The SMILES string of the molecule is O=C1C=C(CCS(=O)(=O)O)C(=O)N1.